The van der Waals surface area contributed by atoms with E-state index in [9.17, 15) is 14.4 Å². The molecule has 1 saturated carbocycles. The lowest BCUT2D eigenvalue weighted by Crippen LogP contribution is -2.45. The van der Waals surface area contributed by atoms with Crippen LogP contribution in [0.3, 0.4) is 0 Å². The smallest absolute Gasteiger partial charge is 0.251 e. The minimum Gasteiger partial charge on any atom is -0.472 e. The summed E-state index contributed by atoms with van der Waals surface area (Å²) in [5.74, 6) is -0.675. The SMILES string of the molecule is N#Cc1nccnc1OC1CCC(NC(=O)CN2C(=O)CCC2=O)CC1. The van der Waals surface area contributed by atoms with Crippen LogP contribution in [0.4, 0.5) is 0 Å². The topological polar surface area (TPSA) is 125 Å². The van der Waals surface area contributed by atoms with Crippen LogP contribution in [0.25, 0.3) is 0 Å². The van der Waals surface area contributed by atoms with Crippen molar-refractivity contribution in [1.29, 1.82) is 5.26 Å². The number of likely N-dealkylation sites (tertiary alicyclic amines) is 1. The van der Waals surface area contributed by atoms with Crippen molar-refractivity contribution in [2.75, 3.05) is 6.54 Å². The molecule has 1 N–H and O–H groups in total. The summed E-state index contributed by atoms with van der Waals surface area (Å²) in [6.07, 6.45) is 6.01. The molecule has 2 heterocycles. The molecule has 1 aromatic heterocycles. The monoisotopic (exact) mass is 357 g/mol. The zero-order chi connectivity index (χ0) is 18.5. The zero-order valence-corrected chi connectivity index (χ0v) is 14.2. The number of hydrogen-bond acceptors (Lipinski definition) is 7. The van der Waals surface area contributed by atoms with E-state index in [1.165, 1.54) is 12.4 Å². The number of carbonyl (C=O) groups excluding carboxylic acids is 3. The number of amides is 3. The van der Waals surface area contributed by atoms with E-state index < -0.39 is 0 Å². The minimum atomic E-state index is -0.321. The Morgan fingerprint density at radius 2 is 1.85 bits per heavy atom. The van der Waals surface area contributed by atoms with Gasteiger partial charge in [0.25, 0.3) is 5.88 Å². The van der Waals surface area contributed by atoms with Crippen molar-refractivity contribution >= 4 is 17.7 Å². The predicted octanol–water partition coefficient (Wildman–Crippen LogP) is 0.303. The molecule has 3 amide bonds. The van der Waals surface area contributed by atoms with E-state index in [4.69, 9.17) is 10.00 Å². The molecule has 1 saturated heterocycles. The summed E-state index contributed by atoms with van der Waals surface area (Å²) in [5.41, 5.74) is 0.155. The van der Waals surface area contributed by atoms with E-state index in [0.29, 0.717) is 25.7 Å². The van der Waals surface area contributed by atoms with Crippen molar-refractivity contribution in [2.45, 2.75) is 50.7 Å². The third-order valence-electron chi connectivity index (χ3n) is 4.54. The van der Waals surface area contributed by atoms with E-state index >= 15 is 0 Å². The van der Waals surface area contributed by atoms with Gasteiger partial charge in [-0.25, -0.2) is 9.97 Å². The Morgan fingerprint density at radius 1 is 1.19 bits per heavy atom. The van der Waals surface area contributed by atoms with E-state index in [2.05, 4.69) is 15.3 Å². The second-order valence-electron chi connectivity index (χ2n) is 6.35. The van der Waals surface area contributed by atoms with Gasteiger partial charge in [0.2, 0.25) is 23.4 Å². The van der Waals surface area contributed by atoms with Gasteiger partial charge in [-0.3, -0.25) is 19.3 Å². The normalized spacial score (nSPS) is 22.8. The molecule has 136 valence electrons. The van der Waals surface area contributed by atoms with Gasteiger partial charge < -0.3 is 10.1 Å². The highest BCUT2D eigenvalue weighted by Crippen LogP contribution is 2.24. The van der Waals surface area contributed by atoms with Crippen molar-refractivity contribution < 1.29 is 19.1 Å². The number of ether oxygens (including phenoxy) is 1. The van der Waals surface area contributed by atoms with Gasteiger partial charge in [-0.05, 0) is 25.7 Å². The first kappa shape index (κ1) is 17.8. The Hall–Kier alpha value is -3.02. The summed E-state index contributed by atoms with van der Waals surface area (Å²) < 4.78 is 5.76. The lowest BCUT2D eigenvalue weighted by molar-refractivity contribution is -0.142. The van der Waals surface area contributed by atoms with Gasteiger partial charge in [-0.1, -0.05) is 0 Å². The molecule has 26 heavy (non-hydrogen) atoms. The van der Waals surface area contributed by atoms with Crippen molar-refractivity contribution in [3.8, 4) is 11.9 Å². The molecule has 9 nitrogen and oxygen atoms in total. The molecule has 9 heteroatoms. The quantitative estimate of drug-likeness (QED) is 0.751. The van der Waals surface area contributed by atoms with Gasteiger partial charge in [0, 0.05) is 31.3 Å². The van der Waals surface area contributed by atoms with Crippen molar-refractivity contribution in [2.24, 2.45) is 0 Å². The molecule has 0 bridgehead atoms. The van der Waals surface area contributed by atoms with Crippen LogP contribution in [0, 0.1) is 11.3 Å². The number of imide groups is 1. The van der Waals surface area contributed by atoms with E-state index in [1.54, 1.807) is 0 Å². The van der Waals surface area contributed by atoms with Gasteiger partial charge >= 0.3 is 0 Å². The Labute approximate surface area is 150 Å². The van der Waals surface area contributed by atoms with Crippen molar-refractivity contribution in [3.63, 3.8) is 0 Å². The Balaban J connectivity index is 1.45. The van der Waals surface area contributed by atoms with Gasteiger partial charge in [-0.15, -0.1) is 0 Å². The first-order chi connectivity index (χ1) is 12.6. The Morgan fingerprint density at radius 3 is 2.50 bits per heavy atom. The first-order valence-corrected chi connectivity index (χ1v) is 8.57. The summed E-state index contributed by atoms with van der Waals surface area (Å²) in [6.45, 7) is -0.209. The maximum Gasteiger partial charge on any atom is 0.251 e. The third-order valence-corrected chi connectivity index (χ3v) is 4.54. The number of rotatable bonds is 5. The Bertz CT molecular complexity index is 736. The average Bonchev–Trinajstić information content (AvgIpc) is 2.96. The number of nitriles is 1. The molecule has 1 aliphatic heterocycles. The first-order valence-electron chi connectivity index (χ1n) is 8.57. The Kier molecular flexibility index (Phi) is 5.41. The number of hydrogen-bond donors (Lipinski definition) is 1. The van der Waals surface area contributed by atoms with Crippen LogP contribution in [0.15, 0.2) is 12.4 Å². The van der Waals surface area contributed by atoms with E-state index in [1.807, 2.05) is 6.07 Å². The van der Waals surface area contributed by atoms with Crippen LogP contribution >= 0.6 is 0 Å². The van der Waals surface area contributed by atoms with Gasteiger partial charge in [0.15, 0.2) is 0 Å². The second-order valence-corrected chi connectivity index (χ2v) is 6.35. The summed E-state index contributed by atoms with van der Waals surface area (Å²) in [7, 11) is 0. The van der Waals surface area contributed by atoms with E-state index in [0.717, 1.165) is 4.90 Å². The number of carbonyl (C=O) groups is 3. The fourth-order valence-corrected chi connectivity index (χ4v) is 3.19. The molecule has 0 atom stereocenters. The molecule has 3 rings (SSSR count). The molecular weight excluding hydrogens is 338 g/mol. The molecular formula is C17H19N5O4. The molecule has 0 spiro atoms. The van der Waals surface area contributed by atoms with Gasteiger partial charge in [-0.2, -0.15) is 5.26 Å². The molecule has 0 aromatic carbocycles. The summed E-state index contributed by atoms with van der Waals surface area (Å²) in [6, 6.07) is 1.93. The maximum absolute atomic E-state index is 12.1. The van der Waals surface area contributed by atoms with Crippen molar-refractivity contribution in [3.05, 3.63) is 18.1 Å². The predicted molar refractivity (Wildman–Crippen MR) is 87.5 cm³/mol. The number of nitrogens with zero attached hydrogens (tertiary/aromatic N) is 4. The third kappa shape index (κ3) is 4.14. The minimum absolute atomic E-state index is 0.0209. The molecule has 0 radical (unpaired) electrons. The average molecular weight is 357 g/mol. The highest BCUT2D eigenvalue weighted by molar-refractivity contribution is 6.04. The van der Waals surface area contributed by atoms with Crippen molar-refractivity contribution in [1.82, 2.24) is 20.2 Å². The van der Waals surface area contributed by atoms with Gasteiger partial charge in [0.1, 0.15) is 18.7 Å². The summed E-state index contributed by atoms with van der Waals surface area (Å²) >= 11 is 0. The lowest BCUT2D eigenvalue weighted by atomic mass is 9.93. The van der Waals surface area contributed by atoms with Crippen LogP contribution < -0.4 is 10.1 Å². The van der Waals surface area contributed by atoms with E-state index in [-0.39, 0.29) is 60.8 Å². The lowest BCUT2D eigenvalue weighted by Gasteiger charge is -2.29. The maximum atomic E-state index is 12.1. The standard InChI is InChI=1S/C17H19N5O4/c18-9-13-17(20-8-7-19-13)26-12-3-1-11(2-4-12)21-14(23)10-22-15(24)5-6-16(22)25/h7-8,11-12H,1-6,10H2,(H,21,23). The molecule has 2 aliphatic rings. The number of aromatic nitrogens is 2. The summed E-state index contributed by atoms with van der Waals surface area (Å²) in [4.78, 5) is 44.1. The summed E-state index contributed by atoms with van der Waals surface area (Å²) in [5, 5.41) is 11.9. The van der Waals surface area contributed by atoms with Crippen LogP contribution in [-0.2, 0) is 14.4 Å². The molecule has 0 unspecified atom stereocenters. The highest BCUT2D eigenvalue weighted by atomic mass is 16.5. The van der Waals surface area contributed by atoms with Crippen LogP contribution in [-0.4, -0.2) is 51.3 Å². The molecule has 1 aromatic rings. The fraction of sp³-hybridized carbons (Fsp3) is 0.529. The van der Waals surface area contributed by atoms with Crippen LogP contribution in [0.1, 0.15) is 44.2 Å². The highest BCUT2D eigenvalue weighted by Gasteiger charge is 2.31. The van der Waals surface area contributed by atoms with Crippen LogP contribution in [0.5, 0.6) is 5.88 Å². The van der Waals surface area contributed by atoms with Crippen LogP contribution in [0.2, 0.25) is 0 Å². The number of nitrogens with one attached hydrogen (secondary N) is 1. The molecule has 1 aliphatic carbocycles. The largest absolute Gasteiger partial charge is 0.472 e. The fourth-order valence-electron chi connectivity index (χ4n) is 3.19. The second kappa shape index (κ2) is 7.91. The zero-order valence-electron chi connectivity index (χ0n) is 14.2. The van der Waals surface area contributed by atoms with Gasteiger partial charge in [0.05, 0.1) is 0 Å². The molecule has 2 fully saturated rings.